The summed E-state index contributed by atoms with van der Waals surface area (Å²) in [5.41, 5.74) is 2.82. The minimum Gasteiger partial charge on any atom is -0.495 e. The molecule has 0 bridgehead atoms. The molecule has 2 N–H and O–H groups in total. The summed E-state index contributed by atoms with van der Waals surface area (Å²) in [6.07, 6.45) is 2.93. The number of nitrogens with zero attached hydrogens (tertiary/aromatic N) is 2. The summed E-state index contributed by atoms with van der Waals surface area (Å²) in [7, 11) is 1.56. The van der Waals surface area contributed by atoms with Crippen LogP contribution in [0.3, 0.4) is 0 Å². The second-order valence-electron chi connectivity index (χ2n) is 6.46. The zero-order valence-corrected chi connectivity index (χ0v) is 16.6. The van der Waals surface area contributed by atoms with E-state index in [1.54, 1.807) is 19.2 Å². The third kappa shape index (κ3) is 4.58. The van der Waals surface area contributed by atoms with Gasteiger partial charge in [0.15, 0.2) is 0 Å². The Morgan fingerprint density at radius 2 is 1.89 bits per heavy atom. The van der Waals surface area contributed by atoms with Crippen LogP contribution in [-0.2, 0) is 0 Å². The number of benzene rings is 2. The van der Waals surface area contributed by atoms with Crippen LogP contribution in [0, 0.1) is 0 Å². The standard InChI is InChI=1S/C21H21ClN4O2/c1-13(2)15-6-4-5-7-17(15)26-21(27)18-11-24-20(12-23-18)25-14-8-9-19(28-3)16(22)10-14/h4-13H,1-3H3,(H,24,25)(H,26,27). The molecule has 0 unspecified atom stereocenters. The lowest BCUT2D eigenvalue weighted by molar-refractivity contribution is 0.102. The fourth-order valence-electron chi connectivity index (χ4n) is 2.70. The molecule has 1 aromatic heterocycles. The van der Waals surface area contributed by atoms with Gasteiger partial charge >= 0.3 is 0 Å². The Morgan fingerprint density at radius 1 is 1.11 bits per heavy atom. The molecule has 0 saturated heterocycles. The van der Waals surface area contributed by atoms with Gasteiger partial charge in [0.2, 0.25) is 0 Å². The average Bonchev–Trinajstić information content (AvgIpc) is 2.69. The Morgan fingerprint density at radius 3 is 2.54 bits per heavy atom. The summed E-state index contributed by atoms with van der Waals surface area (Å²) in [5, 5.41) is 6.48. The van der Waals surface area contributed by atoms with Crippen molar-refractivity contribution in [3.63, 3.8) is 0 Å². The van der Waals surface area contributed by atoms with E-state index < -0.39 is 0 Å². The van der Waals surface area contributed by atoms with Gasteiger partial charge in [0.05, 0.1) is 24.5 Å². The van der Waals surface area contributed by atoms with Crippen LogP contribution in [-0.4, -0.2) is 23.0 Å². The van der Waals surface area contributed by atoms with Crippen molar-refractivity contribution in [3.8, 4) is 5.75 Å². The van der Waals surface area contributed by atoms with Crippen LogP contribution in [0.1, 0.15) is 35.8 Å². The highest BCUT2D eigenvalue weighted by molar-refractivity contribution is 6.32. The van der Waals surface area contributed by atoms with E-state index in [4.69, 9.17) is 16.3 Å². The maximum Gasteiger partial charge on any atom is 0.275 e. The van der Waals surface area contributed by atoms with Crippen LogP contribution in [0.25, 0.3) is 0 Å². The number of hydrogen-bond acceptors (Lipinski definition) is 5. The Balaban J connectivity index is 1.70. The molecule has 2 aromatic carbocycles. The van der Waals surface area contributed by atoms with E-state index in [1.807, 2.05) is 30.3 Å². The van der Waals surface area contributed by atoms with Crippen LogP contribution in [0.5, 0.6) is 5.75 Å². The summed E-state index contributed by atoms with van der Waals surface area (Å²) in [6.45, 7) is 4.16. The second kappa shape index (κ2) is 8.71. The Labute approximate surface area is 168 Å². The number of halogens is 1. The number of hydrogen-bond donors (Lipinski definition) is 2. The van der Waals surface area contributed by atoms with Gasteiger partial charge in [0.1, 0.15) is 17.3 Å². The van der Waals surface area contributed by atoms with Gasteiger partial charge in [-0.05, 0) is 35.7 Å². The van der Waals surface area contributed by atoms with Crippen LogP contribution < -0.4 is 15.4 Å². The highest BCUT2D eigenvalue weighted by Crippen LogP contribution is 2.28. The average molecular weight is 397 g/mol. The smallest absolute Gasteiger partial charge is 0.275 e. The molecule has 3 aromatic rings. The summed E-state index contributed by atoms with van der Waals surface area (Å²) >= 11 is 6.12. The molecular weight excluding hydrogens is 376 g/mol. The van der Waals surface area contributed by atoms with E-state index in [2.05, 4.69) is 34.4 Å². The first-order valence-electron chi connectivity index (χ1n) is 8.81. The van der Waals surface area contributed by atoms with Gasteiger partial charge in [-0.1, -0.05) is 43.6 Å². The number of para-hydroxylation sites is 1. The molecule has 0 aliphatic carbocycles. The molecule has 0 spiro atoms. The van der Waals surface area contributed by atoms with Crippen molar-refractivity contribution in [3.05, 3.63) is 71.1 Å². The zero-order chi connectivity index (χ0) is 20.1. The zero-order valence-electron chi connectivity index (χ0n) is 15.9. The number of rotatable bonds is 6. The fourth-order valence-corrected chi connectivity index (χ4v) is 2.96. The first-order valence-corrected chi connectivity index (χ1v) is 9.18. The molecule has 1 heterocycles. The monoisotopic (exact) mass is 396 g/mol. The van der Waals surface area contributed by atoms with Crippen LogP contribution in [0.15, 0.2) is 54.9 Å². The lowest BCUT2D eigenvalue weighted by Gasteiger charge is -2.13. The topological polar surface area (TPSA) is 76.1 Å². The van der Waals surface area contributed by atoms with Crippen LogP contribution >= 0.6 is 11.6 Å². The summed E-state index contributed by atoms with van der Waals surface area (Å²) in [4.78, 5) is 21.0. The number of nitrogens with one attached hydrogen (secondary N) is 2. The van der Waals surface area contributed by atoms with Crippen molar-refractivity contribution >= 4 is 34.7 Å². The summed E-state index contributed by atoms with van der Waals surface area (Å²) in [6, 6.07) is 13.0. The molecule has 28 heavy (non-hydrogen) atoms. The van der Waals surface area contributed by atoms with E-state index in [1.165, 1.54) is 12.4 Å². The van der Waals surface area contributed by atoms with Gasteiger partial charge in [0, 0.05) is 11.4 Å². The molecule has 0 atom stereocenters. The summed E-state index contributed by atoms with van der Waals surface area (Å²) < 4.78 is 5.13. The molecule has 0 aliphatic heterocycles. The Kier molecular flexibility index (Phi) is 6.11. The lowest BCUT2D eigenvalue weighted by Crippen LogP contribution is -2.15. The first kappa shape index (κ1) is 19.6. The van der Waals surface area contributed by atoms with E-state index in [0.29, 0.717) is 22.5 Å². The van der Waals surface area contributed by atoms with Gasteiger partial charge in [-0.2, -0.15) is 0 Å². The van der Waals surface area contributed by atoms with Crippen molar-refractivity contribution in [1.29, 1.82) is 0 Å². The quantitative estimate of drug-likeness (QED) is 0.594. The number of carbonyl (C=O) groups excluding carboxylic acids is 1. The highest BCUT2D eigenvalue weighted by Gasteiger charge is 2.12. The molecule has 3 rings (SSSR count). The minimum absolute atomic E-state index is 0.233. The number of aromatic nitrogens is 2. The number of carbonyl (C=O) groups is 1. The number of ether oxygens (including phenoxy) is 1. The third-order valence-corrected chi connectivity index (χ3v) is 4.44. The lowest BCUT2D eigenvalue weighted by atomic mass is 10.0. The largest absolute Gasteiger partial charge is 0.495 e. The van der Waals surface area contributed by atoms with Gasteiger partial charge in [-0.15, -0.1) is 0 Å². The van der Waals surface area contributed by atoms with Gasteiger partial charge in [-0.3, -0.25) is 4.79 Å². The highest BCUT2D eigenvalue weighted by atomic mass is 35.5. The van der Waals surface area contributed by atoms with Gasteiger partial charge < -0.3 is 15.4 Å². The van der Waals surface area contributed by atoms with Crippen molar-refractivity contribution in [2.24, 2.45) is 0 Å². The fraction of sp³-hybridized carbons (Fsp3) is 0.190. The van der Waals surface area contributed by atoms with Crippen molar-refractivity contribution in [2.75, 3.05) is 17.7 Å². The molecular formula is C21H21ClN4O2. The number of methoxy groups -OCH3 is 1. The Hall–Kier alpha value is -3.12. The van der Waals surface area contributed by atoms with E-state index >= 15 is 0 Å². The first-order chi connectivity index (χ1) is 13.5. The molecule has 144 valence electrons. The van der Waals surface area contributed by atoms with Gasteiger partial charge in [-0.25, -0.2) is 9.97 Å². The predicted molar refractivity (Wildman–Crippen MR) is 112 cm³/mol. The molecule has 0 radical (unpaired) electrons. The maximum absolute atomic E-state index is 12.5. The van der Waals surface area contributed by atoms with Crippen molar-refractivity contribution in [2.45, 2.75) is 19.8 Å². The van der Waals surface area contributed by atoms with E-state index in [0.717, 1.165) is 16.9 Å². The van der Waals surface area contributed by atoms with Gasteiger partial charge in [0.25, 0.3) is 5.91 Å². The molecule has 7 heteroatoms. The predicted octanol–water partition coefficient (Wildman–Crippen LogP) is 5.26. The van der Waals surface area contributed by atoms with Crippen LogP contribution in [0.4, 0.5) is 17.2 Å². The second-order valence-corrected chi connectivity index (χ2v) is 6.86. The SMILES string of the molecule is COc1ccc(Nc2cnc(C(=O)Nc3ccccc3C(C)C)cn2)cc1Cl. The molecule has 0 aliphatic rings. The molecule has 0 fully saturated rings. The molecule has 6 nitrogen and oxygen atoms in total. The van der Waals surface area contributed by atoms with E-state index in [9.17, 15) is 4.79 Å². The van der Waals surface area contributed by atoms with Crippen LogP contribution in [0.2, 0.25) is 5.02 Å². The third-order valence-electron chi connectivity index (χ3n) is 4.14. The summed E-state index contributed by atoms with van der Waals surface area (Å²) in [5.74, 6) is 1.08. The minimum atomic E-state index is -0.306. The van der Waals surface area contributed by atoms with Crippen molar-refractivity contribution < 1.29 is 9.53 Å². The van der Waals surface area contributed by atoms with Crippen molar-refractivity contribution in [1.82, 2.24) is 9.97 Å². The Bertz CT molecular complexity index is 974. The normalized spacial score (nSPS) is 10.6. The molecule has 0 saturated carbocycles. The number of amides is 1. The maximum atomic E-state index is 12.5. The molecule has 1 amide bonds. The van der Waals surface area contributed by atoms with E-state index in [-0.39, 0.29) is 11.6 Å². The number of anilines is 3.